The minimum Gasteiger partial charge on any atom is -0.481 e. The zero-order valence-corrected chi connectivity index (χ0v) is 14.0. The first kappa shape index (κ1) is 16.5. The molecular weight excluding hydrogens is 308 g/mol. The van der Waals surface area contributed by atoms with Gasteiger partial charge in [0.05, 0.1) is 24.4 Å². The highest BCUT2D eigenvalue weighted by Gasteiger charge is 2.19. The molecule has 6 heteroatoms. The standard InChI is InChI=1S/C18H22N2O4/c1-12-13(6-7-16(21)22)18(23)14-4-3-5-15(17(14)19(12)2)20-8-10-24-11-9-20/h3-5H,6-11H2,1-2H3,(H,21,22). The molecule has 1 fully saturated rings. The summed E-state index contributed by atoms with van der Waals surface area (Å²) in [6.45, 7) is 4.84. The van der Waals surface area contributed by atoms with Crippen molar-refractivity contribution in [3.8, 4) is 0 Å². The SMILES string of the molecule is Cc1c(CCC(=O)O)c(=O)c2cccc(N3CCOCC3)c2n1C. The molecule has 6 nitrogen and oxygen atoms in total. The van der Waals surface area contributed by atoms with Gasteiger partial charge in [-0.3, -0.25) is 9.59 Å². The molecule has 0 amide bonds. The normalized spacial score (nSPS) is 15.0. The number of para-hydroxylation sites is 1. The van der Waals surface area contributed by atoms with E-state index in [0.717, 1.165) is 30.0 Å². The van der Waals surface area contributed by atoms with Gasteiger partial charge in [0.2, 0.25) is 0 Å². The maximum absolute atomic E-state index is 12.9. The van der Waals surface area contributed by atoms with Crippen LogP contribution in [0.2, 0.25) is 0 Å². The van der Waals surface area contributed by atoms with Crippen molar-refractivity contribution in [1.29, 1.82) is 0 Å². The van der Waals surface area contributed by atoms with Crippen molar-refractivity contribution in [3.63, 3.8) is 0 Å². The number of carboxylic acids is 1. The first-order valence-corrected chi connectivity index (χ1v) is 8.16. The van der Waals surface area contributed by atoms with E-state index < -0.39 is 5.97 Å². The summed E-state index contributed by atoms with van der Waals surface area (Å²) in [5.74, 6) is -0.890. The Balaban J connectivity index is 2.17. The summed E-state index contributed by atoms with van der Waals surface area (Å²) in [4.78, 5) is 26.0. The Morgan fingerprint density at radius 2 is 2.00 bits per heavy atom. The van der Waals surface area contributed by atoms with Crippen molar-refractivity contribution in [1.82, 2.24) is 4.57 Å². The first-order valence-electron chi connectivity index (χ1n) is 8.16. The highest BCUT2D eigenvalue weighted by Crippen LogP contribution is 2.27. The highest BCUT2D eigenvalue weighted by atomic mass is 16.5. The van der Waals surface area contributed by atoms with Crippen molar-refractivity contribution in [3.05, 3.63) is 39.7 Å². The van der Waals surface area contributed by atoms with E-state index in [1.54, 1.807) is 0 Å². The van der Waals surface area contributed by atoms with Gasteiger partial charge in [0.25, 0.3) is 0 Å². The molecule has 1 aliphatic rings. The number of morpholine rings is 1. The number of anilines is 1. The summed E-state index contributed by atoms with van der Waals surface area (Å²) < 4.78 is 7.43. The molecular formula is C18H22N2O4. The van der Waals surface area contributed by atoms with Gasteiger partial charge in [0.15, 0.2) is 5.43 Å². The third kappa shape index (κ3) is 2.89. The monoisotopic (exact) mass is 330 g/mol. The molecule has 0 radical (unpaired) electrons. The molecule has 0 unspecified atom stereocenters. The van der Waals surface area contributed by atoms with Gasteiger partial charge < -0.3 is 19.3 Å². The molecule has 0 saturated carbocycles. The lowest BCUT2D eigenvalue weighted by atomic mass is 10.0. The van der Waals surface area contributed by atoms with Crippen LogP contribution >= 0.6 is 0 Å². The Morgan fingerprint density at radius 1 is 1.29 bits per heavy atom. The largest absolute Gasteiger partial charge is 0.481 e. The molecule has 3 rings (SSSR count). The zero-order chi connectivity index (χ0) is 17.3. The van der Waals surface area contributed by atoms with E-state index in [2.05, 4.69) is 4.90 Å². The average molecular weight is 330 g/mol. The van der Waals surface area contributed by atoms with E-state index in [1.165, 1.54) is 0 Å². The second-order valence-corrected chi connectivity index (χ2v) is 6.12. The Morgan fingerprint density at radius 3 is 2.67 bits per heavy atom. The maximum Gasteiger partial charge on any atom is 0.303 e. The van der Waals surface area contributed by atoms with Crippen LogP contribution in [0.3, 0.4) is 0 Å². The minimum absolute atomic E-state index is 0.0370. The lowest BCUT2D eigenvalue weighted by Crippen LogP contribution is -2.36. The third-order valence-electron chi connectivity index (χ3n) is 4.75. The van der Waals surface area contributed by atoms with Crippen molar-refractivity contribution >= 4 is 22.6 Å². The van der Waals surface area contributed by atoms with Gasteiger partial charge >= 0.3 is 5.97 Å². The number of hydrogen-bond acceptors (Lipinski definition) is 4. The first-order chi connectivity index (χ1) is 11.5. The quantitative estimate of drug-likeness (QED) is 0.924. The van der Waals surface area contributed by atoms with Gasteiger partial charge in [0.1, 0.15) is 0 Å². The van der Waals surface area contributed by atoms with Crippen molar-refractivity contribution in [2.24, 2.45) is 7.05 Å². The predicted octanol–water partition coefficient (Wildman–Crippen LogP) is 1.70. The van der Waals surface area contributed by atoms with Crippen LogP contribution in [0, 0.1) is 6.92 Å². The summed E-state index contributed by atoms with van der Waals surface area (Å²) in [7, 11) is 1.94. The van der Waals surface area contributed by atoms with E-state index in [4.69, 9.17) is 9.84 Å². The van der Waals surface area contributed by atoms with Crippen LogP contribution in [-0.4, -0.2) is 41.9 Å². The number of carboxylic acid groups (broad SMARTS) is 1. The number of aliphatic carboxylic acids is 1. The second kappa shape index (κ2) is 6.65. The summed E-state index contributed by atoms with van der Waals surface area (Å²) in [5.41, 5.74) is 3.29. The lowest BCUT2D eigenvalue weighted by molar-refractivity contribution is -0.136. The average Bonchev–Trinajstić information content (AvgIpc) is 2.59. The molecule has 128 valence electrons. The zero-order valence-electron chi connectivity index (χ0n) is 14.0. The molecule has 1 aromatic heterocycles. The molecule has 0 atom stereocenters. The Bertz CT molecular complexity index is 835. The fourth-order valence-corrected chi connectivity index (χ4v) is 3.35. The maximum atomic E-state index is 12.9. The van der Waals surface area contributed by atoms with Crippen molar-refractivity contribution in [2.45, 2.75) is 19.8 Å². The Kier molecular flexibility index (Phi) is 4.57. The Hall–Kier alpha value is -2.34. The third-order valence-corrected chi connectivity index (χ3v) is 4.75. The minimum atomic E-state index is -0.890. The number of hydrogen-bond donors (Lipinski definition) is 1. The highest BCUT2D eigenvalue weighted by molar-refractivity contribution is 5.92. The number of rotatable bonds is 4. The summed E-state index contributed by atoms with van der Waals surface area (Å²) in [6.07, 6.45) is 0.219. The van der Waals surface area contributed by atoms with Gasteiger partial charge in [-0.1, -0.05) is 6.07 Å². The number of carbonyl (C=O) groups is 1. The number of nitrogens with zero attached hydrogens (tertiary/aromatic N) is 2. The van der Waals surface area contributed by atoms with Crippen LogP contribution < -0.4 is 10.3 Å². The van der Waals surface area contributed by atoms with E-state index in [1.807, 2.05) is 36.7 Å². The van der Waals surface area contributed by atoms with Gasteiger partial charge in [0, 0.05) is 43.2 Å². The van der Waals surface area contributed by atoms with Crippen LogP contribution in [0.5, 0.6) is 0 Å². The van der Waals surface area contributed by atoms with Gasteiger partial charge in [-0.05, 0) is 25.5 Å². The topological polar surface area (TPSA) is 71.8 Å². The molecule has 1 N–H and O–H groups in total. The number of pyridine rings is 1. The summed E-state index contributed by atoms with van der Waals surface area (Å²) in [6, 6.07) is 5.75. The number of ether oxygens (including phenoxy) is 1. The second-order valence-electron chi connectivity index (χ2n) is 6.12. The van der Waals surface area contributed by atoms with E-state index in [9.17, 15) is 9.59 Å². The van der Waals surface area contributed by atoms with Crippen LogP contribution in [0.4, 0.5) is 5.69 Å². The van der Waals surface area contributed by atoms with Crippen molar-refractivity contribution in [2.75, 3.05) is 31.2 Å². The number of aryl methyl sites for hydroxylation is 1. The molecule has 0 aliphatic carbocycles. The number of fused-ring (bicyclic) bond motifs is 1. The molecule has 0 spiro atoms. The molecule has 1 aromatic carbocycles. The van der Waals surface area contributed by atoms with Gasteiger partial charge in [-0.15, -0.1) is 0 Å². The van der Waals surface area contributed by atoms with Gasteiger partial charge in [-0.25, -0.2) is 0 Å². The fraction of sp³-hybridized carbons (Fsp3) is 0.444. The van der Waals surface area contributed by atoms with Crippen LogP contribution in [0.15, 0.2) is 23.0 Å². The molecule has 24 heavy (non-hydrogen) atoms. The van der Waals surface area contributed by atoms with E-state index in [0.29, 0.717) is 24.2 Å². The summed E-state index contributed by atoms with van der Waals surface area (Å²) >= 11 is 0. The summed E-state index contributed by atoms with van der Waals surface area (Å²) in [5, 5.41) is 9.57. The molecule has 1 aliphatic heterocycles. The lowest BCUT2D eigenvalue weighted by Gasteiger charge is -2.30. The van der Waals surface area contributed by atoms with E-state index >= 15 is 0 Å². The number of aromatic nitrogens is 1. The van der Waals surface area contributed by atoms with Crippen LogP contribution in [0.1, 0.15) is 17.7 Å². The van der Waals surface area contributed by atoms with Gasteiger partial charge in [-0.2, -0.15) is 0 Å². The fourth-order valence-electron chi connectivity index (χ4n) is 3.35. The molecule has 0 bridgehead atoms. The smallest absolute Gasteiger partial charge is 0.303 e. The predicted molar refractivity (Wildman–Crippen MR) is 92.9 cm³/mol. The van der Waals surface area contributed by atoms with Crippen LogP contribution in [-0.2, 0) is 23.0 Å². The van der Waals surface area contributed by atoms with Crippen LogP contribution in [0.25, 0.3) is 10.9 Å². The molecule has 2 heterocycles. The molecule has 1 saturated heterocycles. The van der Waals surface area contributed by atoms with Crippen molar-refractivity contribution < 1.29 is 14.6 Å². The Labute approximate surface area is 140 Å². The van der Waals surface area contributed by atoms with E-state index in [-0.39, 0.29) is 18.3 Å². The molecule has 2 aromatic rings. The number of benzene rings is 1.